The van der Waals surface area contributed by atoms with Crippen molar-refractivity contribution < 1.29 is 23.1 Å². The highest BCUT2D eigenvalue weighted by molar-refractivity contribution is 9.09. The van der Waals surface area contributed by atoms with Crippen LogP contribution in [0.25, 0.3) is 0 Å². The van der Waals surface area contributed by atoms with Crippen LogP contribution in [0.5, 0.6) is 5.75 Å². The highest BCUT2D eigenvalue weighted by Gasteiger charge is 2.37. The molecule has 2 nitrogen and oxygen atoms in total. The maximum atomic E-state index is 12.6. The number of ketones is 1. The highest BCUT2D eigenvalue weighted by Crippen LogP contribution is 2.38. The van der Waals surface area contributed by atoms with E-state index in [9.17, 15) is 18.0 Å². The number of benzene rings is 1. The van der Waals surface area contributed by atoms with Crippen LogP contribution in [0.15, 0.2) is 18.2 Å². The summed E-state index contributed by atoms with van der Waals surface area (Å²) >= 11 is 2.98. The number of phenolic OH excluding ortho intramolecular Hbond substituents is 1. The summed E-state index contributed by atoms with van der Waals surface area (Å²) in [7, 11) is 0. The number of rotatable bonds is 3. The minimum atomic E-state index is -4.73. The lowest BCUT2D eigenvalue weighted by Gasteiger charge is -2.13. The van der Waals surface area contributed by atoms with Crippen LogP contribution in [0, 0.1) is 0 Å². The van der Waals surface area contributed by atoms with Gasteiger partial charge in [0.15, 0.2) is 5.78 Å². The molecule has 0 bridgehead atoms. The molecule has 0 saturated carbocycles. The zero-order chi connectivity index (χ0) is 12.3. The van der Waals surface area contributed by atoms with Crippen molar-refractivity contribution in [1.29, 1.82) is 0 Å². The lowest BCUT2D eigenvalue weighted by Crippen LogP contribution is -2.13. The lowest BCUT2D eigenvalue weighted by molar-refractivity contribution is -0.139. The molecule has 0 aliphatic rings. The fourth-order valence-electron chi connectivity index (χ4n) is 1.29. The number of Topliss-reactive ketones (excluding diaryl/α,β-unsaturated/α-hetero) is 1. The molecule has 0 aliphatic carbocycles. The molecular formula is C10H8BrF3O2. The molecule has 0 unspecified atom stereocenters. The molecule has 0 spiro atoms. The van der Waals surface area contributed by atoms with Crippen molar-refractivity contribution in [2.75, 3.05) is 5.33 Å². The molecule has 16 heavy (non-hydrogen) atoms. The van der Waals surface area contributed by atoms with Gasteiger partial charge in [-0.05, 0) is 6.07 Å². The van der Waals surface area contributed by atoms with Gasteiger partial charge in [-0.3, -0.25) is 4.79 Å². The molecule has 1 N–H and O–H groups in total. The van der Waals surface area contributed by atoms with Gasteiger partial charge in [0.2, 0.25) is 0 Å². The maximum Gasteiger partial charge on any atom is 0.420 e. The van der Waals surface area contributed by atoms with E-state index in [1.807, 2.05) is 0 Å². The van der Waals surface area contributed by atoms with E-state index in [4.69, 9.17) is 5.11 Å². The van der Waals surface area contributed by atoms with Gasteiger partial charge in [-0.1, -0.05) is 28.1 Å². The first-order chi connectivity index (χ1) is 7.38. The molecule has 6 heteroatoms. The predicted octanol–water partition coefficient (Wildman–Crippen LogP) is 3.38. The Balaban J connectivity index is 3.29. The summed E-state index contributed by atoms with van der Waals surface area (Å²) in [5.41, 5.74) is -1.76. The van der Waals surface area contributed by atoms with Crippen molar-refractivity contribution in [3.8, 4) is 5.75 Å². The summed E-state index contributed by atoms with van der Waals surface area (Å²) in [5.74, 6) is -1.58. The predicted molar refractivity (Wildman–Crippen MR) is 55.9 cm³/mol. The summed E-state index contributed by atoms with van der Waals surface area (Å²) in [6.45, 7) is 0. The van der Waals surface area contributed by atoms with Gasteiger partial charge in [-0.25, -0.2) is 0 Å². The van der Waals surface area contributed by atoms with E-state index in [-0.39, 0.29) is 11.8 Å². The Hall–Kier alpha value is -1.04. The third-order valence-corrected chi connectivity index (χ3v) is 2.34. The minimum Gasteiger partial charge on any atom is -0.507 e. The monoisotopic (exact) mass is 296 g/mol. The van der Waals surface area contributed by atoms with Gasteiger partial charge >= 0.3 is 6.18 Å². The number of phenols is 1. The molecule has 1 aromatic carbocycles. The van der Waals surface area contributed by atoms with Crippen LogP contribution in [0.2, 0.25) is 0 Å². The second kappa shape index (κ2) is 4.86. The average molecular weight is 297 g/mol. The Morgan fingerprint density at radius 2 is 2.00 bits per heavy atom. The smallest absolute Gasteiger partial charge is 0.420 e. The maximum absolute atomic E-state index is 12.6. The second-order valence-electron chi connectivity index (χ2n) is 3.06. The van der Waals surface area contributed by atoms with E-state index >= 15 is 0 Å². The first kappa shape index (κ1) is 13.0. The molecule has 88 valence electrons. The van der Waals surface area contributed by atoms with Crippen LogP contribution in [0.4, 0.5) is 13.2 Å². The van der Waals surface area contributed by atoms with Gasteiger partial charge in [-0.2, -0.15) is 13.2 Å². The first-order valence-corrected chi connectivity index (χ1v) is 5.48. The van der Waals surface area contributed by atoms with E-state index in [0.29, 0.717) is 0 Å². The van der Waals surface area contributed by atoms with E-state index in [1.165, 1.54) is 6.07 Å². The zero-order valence-corrected chi connectivity index (χ0v) is 9.60. The van der Waals surface area contributed by atoms with E-state index in [0.717, 1.165) is 12.1 Å². The SMILES string of the molecule is O=C(CCBr)c1cccc(O)c1C(F)(F)F. The molecule has 0 amide bonds. The van der Waals surface area contributed by atoms with E-state index in [2.05, 4.69) is 15.9 Å². The number of hydrogen-bond donors (Lipinski definition) is 1. The van der Waals surface area contributed by atoms with E-state index < -0.39 is 28.8 Å². The number of halogens is 4. The van der Waals surface area contributed by atoms with Gasteiger partial charge in [0, 0.05) is 17.3 Å². The average Bonchev–Trinajstić information content (AvgIpc) is 2.15. The van der Waals surface area contributed by atoms with Crippen molar-refractivity contribution in [2.24, 2.45) is 0 Å². The fraction of sp³-hybridized carbons (Fsp3) is 0.300. The van der Waals surface area contributed by atoms with Gasteiger partial charge in [-0.15, -0.1) is 0 Å². The first-order valence-electron chi connectivity index (χ1n) is 4.36. The Morgan fingerprint density at radius 3 is 2.50 bits per heavy atom. The van der Waals surface area contributed by atoms with Crippen molar-refractivity contribution >= 4 is 21.7 Å². The summed E-state index contributed by atoms with van der Waals surface area (Å²) in [4.78, 5) is 11.4. The van der Waals surface area contributed by atoms with Crippen molar-refractivity contribution in [2.45, 2.75) is 12.6 Å². The Labute approximate surface area is 98.2 Å². The Kier molecular flexibility index (Phi) is 3.96. The third-order valence-electron chi connectivity index (χ3n) is 1.95. The summed E-state index contributed by atoms with van der Waals surface area (Å²) < 4.78 is 37.8. The zero-order valence-electron chi connectivity index (χ0n) is 8.01. The quantitative estimate of drug-likeness (QED) is 0.686. The van der Waals surface area contributed by atoms with Crippen LogP contribution in [-0.4, -0.2) is 16.2 Å². The van der Waals surface area contributed by atoms with Crippen molar-refractivity contribution in [1.82, 2.24) is 0 Å². The molecule has 0 saturated heterocycles. The van der Waals surface area contributed by atoms with Crippen LogP contribution in [0.3, 0.4) is 0 Å². The van der Waals surface area contributed by atoms with Crippen LogP contribution >= 0.6 is 15.9 Å². The molecule has 0 radical (unpaired) electrons. The normalized spacial score (nSPS) is 11.5. The Bertz CT molecular complexity index is 402. The number of hydrogen-bond acceptors (Lipinski definition) is 2. The topological polar surface area (TPSA) is 37.3 Å². The molecule has 1 rings (SSSR count). The third kappa shape index (κ3) is 2.75. The highest BCUT2D eigenvalue weighted by atomic mass is 79.9. The molecular weight excluding hydrogens is 289 g/mol. The van der Waals surface area contributed by atoms with Gasteiger partial charge in [0.25, 0.3) is 0 Å². The summed E-state index contributed by atoms with van der Waals surface area (Å²) in [6.07, 6.45) is -4.78. The number of aromatic hydroxyl groups is 1. The molecule has 0 atom stereocenters. The molecule has 1 aromatic rings. The summed E-state index contributed by atoms with van der Waals surface area (Å²) in [5, 5.41) is 9.44. The van der Waals surface area contributed by atoms with Crippen molar-refractivity contribution in [3.63, 3.8) is 0 Å². The van der Waals surface area contributed by atoms with Gasteiger partial charge in [0.1, 0.15) is 11.3 Å². The Morgan fingerprint density at radius 1 is 1.38 bits per heavy atom. The van der Waals surface area contributed by atoms with Crippen LogP contribution in [-0.2, 0) is 6.18 Å². The minimum absolute atomic E-state index is 0.0491. The number of carbonyl (C=O) groups excluding carboxylic acids is 1. The lowest BCUT2D eigenvalue weighted by atomic mass is 10.0. The molecule has 0 fully saturated rings. The van der Waals surface area contributed by atoms with Crippen LogP contribution < -0.4 is 0 Å². The summed E-state index contributed by atoms with van der Waals surface area (Å²) in [6, 6.07) is 3.19. The standard InChI is InChI=1S/C10H8BrF3O2/c11-5-4-7(15)6-2-1-3-8(16)9(6)10(12,13)14/h1-3,16H,4-5H2. The molecule has 0 aliphatic heterocycles. The number of carbonyl (C=O) groups is 1. The van der Waals surface area contributed by atoms with Crippen molar-refractivity contribution in [3.05, 3.63) is 29.3 Å². The fourth-order valence-corrected chi connectivity index (χ4v) is 1.65. The van der Waals surface area contributed by atoms with E-state index in [1.54, 1.807) is 0 Å². The van der Waals surface area contributed by atoms with Gasteiger partial charge < -0.3 is 5.11 Å². The largest absolute Gasteiger partial charge is 0.507 e. The molecule has 0 aromatic heterocycles. The van der Waals surface area contributed by atoms with Gasteiger partial charge in [0.05, 0.1) is 0 Å². The second-order valence-corrected chi connectivity index (χ2v) is 3.85. The van der Waals surface area contributed by atoms with Crippen LogP contribution in [0.1, 0.15) is 22.3 Å². The number of alkyl halides is 4. The molecule has 0 heterocycles.